The zero-order chi connectivity index (χ0) is 16.3. The summed E-state index contributed by atoms with van der Waals surface area (Å²) in [5, 5.41) is 13.1. The fourth-order valence-corrected chi connectivity index (χ4v) is 2.46. The maximum atomic E-state index is 12.0. The SMILES string of the molecule is CC(=O)NCC(C)(O)C1CCN(C(=O)OC(C)(C)C)CC1. The zero-order valence-electron chi connectivity index (χ0n) is 13.7. The van der Waals surface area contributed by atoms with Crippen LogP contribution >= 0.6 is 0 Å². The molecule has 2 N–H and O–H groups in total. The molecule has 1 fully saturated rings. The summed E-state index contributed by atoms with van der Waals surface area (Å²) in [5.41, 5.74) is -1.45. The maximum absolute atomic E-state index is 12.0. The Balaban J connectivity index is 2.48. The van der Waals surface area contributed by atoms with E-state index in [1.165, 1.54) is 6.92 Å². The third-order valence-corrected chi connectivity index (χ3v) is 3.72. The minimum absolute atomic E-state index is 0.0584. The molecule has 1 atom stereocenters. The maximum Gasteiger partial charge on any atom is 0.410 e. The summed E-state index contributed by atoms with van der Waals surface area (Å²) in [7, 11) is 0. The number of carbonyl (C=O) groups excluding carboxylic acids is 2. The van der Waals surface area contributed by atoms with E-state index in [2.05, 4.69) is 5.32 Å². The average Bonchev–Trinajstić information content (AvgIpc) is 2.35. The van der Waals surface area contributed by atoms with Crippen LogP contribution in [0.25, 0.3) is 0 Å². The minimum atomic E-state index is -0.953. The fourth-order valence-electron chi connectivity index (χ4n) is 2.46. The monoisotopic (exact) mass is 300 g/mol. The summed E-state index contributed by atoms with van der Waals surface area (Å²) in [5.74, 6) is -0.0931. The second kappa shape index (κ2) is 6.64. The van der Waals surface area contributed by atoms with E-state index in [0.29, 0.717) is 25.9 Å². The lowest BCUT2D eigenvalue weighted by Crippen LogP contribution is -2.51. The van der Waals surface area contributed by atoms with Crippen LogP contribution in [0.15, 0.2) is 0 Å². The van der Waals surface area contributed by atoms with Gasteiger partial charge in [0.15, 0.2) is 0 Å². The normalized spacial score (nSPS) is 19.8. The van der Waals surface area contributed by atoms with Crippen LogP contribution in [0.4, 0.5) is 4.79 Å². The highest BCUT2D eigenvalue weighted by molar-refractivity contribution is 5.72. The van der Waals surface area contributed by atoms with E-state index < -0.39 is 11.2 Å². The van der Waals surface area contributed by atoms with E-state index in [1.807, 2.05) is 20.8 Å². The number of amides is 2. The molecule has 122 valence electrons. The molecule has 2 amide bonds. The van der Waals surface area contributed by atoms with Gasteiger partial charge in [-0.1, -0.05) is 0 Å². The quantitative estimate of drug-likeness (QED) is 0.828. The molecule has 6 heteroatoms. The molecule has 0 aromatic rings. The number of rotatable bonds is 3. The van der Waals surface area contributed by atoms with E-state index >= 15 is 0 Å². The van der Waals surface area contributed by atoms with Crippen LogP contribution in [0.1, 0.15) is 47.5 Å². The molecular formula is C15H28N2O4. The topological polar surface area (TPSA) is 78.9 Å². The first kappa shape index (κ1) is 17.8. The highest BCUT2D eigenvalue weighted by Gasteiger charge is 2.36. The van der Waals surface area contributed by atoms with Gasteiger partial charge in [-0.05, 0) is 46.5 Å². The number of likely N-dealkylation sites (tertiary alicyclic amines) is 1. The summed E-state index contributed by atoms with van der Waals surface area (Å²) >= 11 is 0. The summed E-state index contributed by atoms with van der Waals surface area (Å²) < 4.78 is 5.34. The van der Waals surface area contributed by atoms with Crippen molar-refractivity contribution in [1.29, 1.82) is 0 Å². The van der Waals surface area contributed by atoms with Gasteiger partial charge in [-0.25, -0.2) is 4.79 Å². The largest absolute Gasteiger partial charge is 0.444 e. The van der Waals surface area contributed by atoms with Crippen molar-refractivity contribution in [3.8, 4) is 0 Å². The number of ether oxygens (including phenoxy) is 1. The van der Waals surface area contributed by atoms with Crippen LogP contribution in [0.5, 0.6) is 0 Å². The number of nitrogens with zero attached hydrogens (tertiary/aromatic N) is 1. The molecule has 0 radical (unpaired) electrons. The lowest BCUT2D eigenvalue weighted by atomic mass is 9.81. The van der Waals surface area contributed by atoms with Gasteiger partial charge in [0.05, 0.1) is 5.60 Å². The summed E-state index contributed by atoms with van der Waals surface area (Å²) in [4.78, 5) is 24.6. The Hall–Kier alpha value is -1.30. The molecule has 1 aliphatic rings. The van der Waals surface area contributed by atoms with Crippen molar-refractivity contribution in [3.63, 3.8) is 0 Å². The molecule has 1 saturated heterocycles. The minimum Gasteiger partial charge on any atom is -0.444 e. The van der Waals surface area contributed by atoms with Gasteiger partial charge in [0, 0.05) is 26.6 Å². The third-order valence-electron chi connectivity index (χ3n) is 3.72. The lowest BCUT2D eigenvalue weighted by molar-refractivity contribution is -0.121. The van der Waals surface area contributed by atoms with Crippen LogP contribution < -0.4 is 5.32 Å². The first-order chi connectivity index (χ1) is 9.51. The van der Waals surface area contributed by atoms with Crippen molar-refractivity contribution in [2.24, 2.45) is 5.92 Å². The van der Waals surface area contributed by atoms with Gasteiger partial charge in [-0.3, -0.25) is 4.79 Å². The molecule has 0 bridgehead atoms. The Morgan fingerprint density at radius 2 is 1.76 bits per heavy atom. The van der Waals surface area contributed by atoms with Crippen molar-refractivity contribution in [1.82, 2.24) is 10.2 Å². The molecular weight excluding hydrogens is 272 g/mol. The standard InChI is InChI=1S/C15H28N2O4/c1-11(18)16-10-15(5,20)12-6-8-17(9-7-12)13(19)21-14(2,3)4/h12,20H,6-10H2,1-5H3,(H,16,18). The number of hydrogen-bond donors (Lipinski definition) is 2. The predicted molar refractivity (Wildman–Crippen MR) is 79.8 cm³/mol. The number of aliphatic hydroxyl groups is 1. The second-order valence-corrected chi connectivity index (χ2v) is 7.01. The van der Waals surface area contributed by atoms with Gasteiger partial charge < -0.3 is 20.1 Å². The van der Waals surface area contributed by atoms with Crippen molar-refractivity contribution in [2.45, 2.75) is 58.7 Å². The summed E-state index contributed by atoms with van der Waals surface area (Å²) in [6, 6.07) is 0. The van der Waals surface area contributed by atoms with Crippen molar-refractivity contribution in [2.75, 3.05) is 19.6 Å². The van der Waals surface area contributed by atoms with Gasteiger partial charge in [0.2, 0.25) is 5.91 Å². The molecule has 6 nitrogen and oxygen atoms in total. The number of carbonyl (C=O) groups is 2. The van der Waals surface area contributed by atoms with Gasteiger partial charge in [-0.2, -0.15) is 0 Å². The van der Waals surface area contributed by atoms with Crippen LogP contribution in [0.3, 0.4) is 0 Å². The summed E-state index contributed by atoms with van der Waals surface area (Å²) in [6.07, 6.45) is 1.10. The predicted octanol–water partition coefficient (Wildman–Crippen LogP) is 1.52. The molecule has 1 rings (SSSR count). The van der Waals surface area contributed by atoms with E-state index in [4.69, 9.17) is 4.74 Å². The molecule has 1 heterocycles. The highest BCUT2D eigenvalue weighted by Crippen LogP contribution is 2.28. The fraction of sp³-hybridized carbons (Fsp3) is 0.867. The third kappa shape index (κ3) is 5.91. The van der Waals surface area contributed by atoms with Crippen molar-refractivity contribution in [3.05, 3.63) is 0 Å². The Bertz CT molecular complexity index is 380. The molecule has 0 aliphatic carbocycles. The smallest absolute Gasteiger partial charge is 0.410 e. The Morgan fingerprint density at radius 1 is 1.24 bits per heavy atom. The molecule has 1 unspecified atom stereocenters. The van der Waals surface area contributed by atoms with Crippen LogP contribution in [0, 0.1) is 5.92 Å². The van der Waals surface area contributed by atoms with Crippen molar-refractivity contribution < 1.29 is 19.4 Å². The first-order valence-electron chi connectivity index (χ1n) is 7.46. The van der Waals surface area contributed by atoms with E-state index in [1.54, 1.807) is 11.8 Å². The van der Waals surface area contributed by atoms with Crippen LogP contribution in [0.2, 0.25) is 0 Å². The molecule has 0 saturated carbocycles. The molecule has 0 aromatic carbocycles. The molecule has 0 aromatic heterocycles. The van der Waals surface area contributed by atoms with Gasteiger partial charge in [0.1, 0.15) is 5.60 Å². The number of piperidine rings is 1. The molecule has 1 aliphatic heterocycles. The van der Waals surface area contributed by atoms with Gasteiger partial charge in [0.25, 0.3) is 0 Å². The number of nitrogens with one attached hydrogen (secondary N) is 1. The highest BCUT2D eigenvalue weighted by atomic mass is 16.6. The average molecular weight is 300 g/mol. The van der Waals surface area contributed by atoms with Gasteiger partial charge >= 0.3 is 6.09 Å². The Morgan fingerprint density at radius 3 is 2.19 bits per heavy atom. The molecule has 0 spiro atoms. The molecule has 21 heavy (non-hydrogen) atoms. The zero-order valence-corrected chi connectivity index (χ0v) is 13.7. The first-order valence-corrected chi connectivity index (χ1v) is 7.46. The van der Waals surface area contributed by atoms with Crippen LogP contribution in [-0.2, 0) is 9.53 Å². The van der Waals surface area contributed by atoms with E-state index in [0.717, 1.165) is 0 Å². The lowest BCUT2D eigenvalue weighted by Gasteiger charge is -2.39. The van der Waals surface area contributed by atoms with Gasteiger partial charge in [-0.15, -0.1) is 0 Å². The Labute approximate surface area is 126 Å². The number of hydrogen-bond acceptors (Lipinski definition) is 4. The Kier molecular flexibility index (Phi) is 5.61. The van der Waals surface area contributed by atoms with E-state index in [9.17, 15) is 14.7 Å². The van der Waals surface area contributed by atoms with E-state index in [-0.39, 0.29) is 24.5 Å². The van der Waals surface area contributed by atoms with Crippen molar-refractivity contribution >= 4 is 12.0 Å². The summed E-state index contributed by atoms with van der Waals surface area (Å²) in [6.45, 7) is 10.1. The van der Waals surface area contributed by atoms with Crippen LogP contribution in [-0.4, -0.2) is 52.8 Å². The second-order valence-electron chi connectivity index (χ2n) is 7.01.